The predicted octanol–water partition coefficient (Wildman–Crippen LogP) is 1.25. The van der Waals surface area contributed by atoms with Crippen molar-refractivity contribution in [3.05, 3.63) is 24.2 Å². The molecule has 0 aliphatic carbocycles. The molecule has 0 aromatic carbocycles. The molecule has 0 bridgehead atoms. The van der Waals surface area contributed by atoms with Crippen LogP contribution in [0.25, 0.3) is 11.6 Å². The van der Waals surface area contributed by atoms with Crippen molar-refractivity contribution in [3.8, 4) is 11.6 Å². The summed E-state index contributed by atoms with van der Waals surface area (Å²) < 4.78 is 11.2. The van der Waals surface area contributed by atoms with Gasteiger partial charge >= 0.3 is 0 Å². The third kappa shape index (κ3) is 2.28. The van der Waals surface area contributed by atoms with E-state index in [1.165, 1.54) is 12.8 Å². The number of nitrogens with two attached hydrogens (primary N) is 1. The highest BCUT2D eigenvalue weighted by Gasteiger charge is 2.35. The van der Waals surface area contributed by atoms with Crippen LogP contribution in [0.1, 0.15) is 24.8 Å². The first-order valence-electron chi connectivity index (χ1n) is 7.21. The van der Waals surface area contributed by atoms with Crippen molar-refractivity contribution in [2.75, 3.05) is 25.4 Å². The highest BCUT2D eigenvalue weighted by molar-refractivity contribution is 5.65. The van der Waals surface area contributed by atoms with Crippen LogP contribution in [-0.2, 0) is 4.74 Å². The van der Waals surface area contributed by atoms with Gasteiger partial charge in [0.15, 0.2) is 5.69 Å². The maximum Gasteiger partial charge on any atom is 0.278 e. The van der Waals surface area contributed by atoms with Crippen LogP contribution >= 0.6 is 0 Å². The zero-order valence-corrected chi connectivity index (χ0v) is 11.6. The normalized spacial score (nSPS) is 25.9. The second kappa shape index (κ2) is 5.09. The number of aromatic nitrogens is 3. The number of morpholine rings is 1. The van der Waals surface area contributed by atoms with E-state index in [1.54, 1.807) is 18.3 Å². The van der Waals surface area contributed by atoms with Gasteiger partial charge in [0, 0.05) is 18.8 Å². The molecule has 4 rings (SSSR count). The van der Waals surface area contributed by atoms with Gasteiger partial charge in [-0.15, -0.1) is 0 Å². The molecule has 0 radical (unpaired) electrons. The fourth-order valence-corrected chi connectivity index (χ4v) is 3.03. The molecule has 2 saturated heterocycles. The largest absolute Gasteiger partial charge is 0.397 e. The van der Waals surface area contributed by atoms with Crippen molar-refractivity contribution in [3.63, 3.8) is 0 Å². The lowest BCUT2D eigenvalue weighted by Crippen LogP contribution is -2.42. The third-order valence-electron chi connectivity index (χ3n) is 4.16. The van der Waals surface area contributed by atoms with Gasteiger partial charge in [-0.25, -0.2) is 4.98 Å². The molecular formula is C14H17N5O2. The highest BCUT2D eigenvalue weighted by Crippen LogP contribution is 2.30. The van der Waals surface area contributed by atoms with Gasteiger partial charge in [0.05, 0.1) is 12.3 Å². The van der Waals surface area contributed by atoms with Crippen LogP contribution in [-0.4, -0.2) is 45.8 Å². The topological polar surface area (TPSA) is 90.3 Å². The van der Waals surface area contributed by atoms with E-state index in [0.717, 1.165) is 19.7 Å². The summed E-state index contributed by atoms with van der Waals surface area (Å²) >= 11 is 0. The number of nitrogens with zero attached hydrogens (tertiary/aromatic N) is 4. The summed E-state index contributed by atoms with van der Waals surface area (Å²) in [5.74, 6) is 0.913. The SMILES string of the molecule is Nc1cccnc1-c1nc(C2CN3CCCC3CO2)no1. The second-order valence-electron chi connectivity index (χ2n) is 5.51. The minimum absolute atomic E-state index is 0.137. The minimum atomic E-state index is -0.137. The fraction of sp³-hybridized carbons (Fsp3) is 0.500. The molecule has 2 aromatic rings. The van der Waals surface area contributed by atoms with Crippen molar-refractivity contribution >= 4 is 5.69 Å². The summed E-state index contributed by atoms with van der Waals surface area (Å²) in [4.78, 5) is 11.0. The van der Waals surface area contributed by atoms with Gasteiger partial charge in [-0.1, -0.05) is 5.16 Å². The molecule has 2 aliphatic heterocycles. The first kappa shape index (κ1) is 12.7. The van der Waals surface area contributed by atoms with Gasteiger partial charge in [-0.2, -0.15) is 4.98 Å². The van der Waals surface area contributed by atoms with Crippen LogP contribution in [0.15, 0.2) is 22.9 Å². The van der Waals surface area contributed by atoms with Crippen molar-refractivity contribution in [2.45, 2.75) is 25.0 Å². The van der Waals surface area contributed by atoms with E-state index in [2.05, 4.69) is 20.0 Å². The molecule has 2 aliphatic rings. The maximum atomic E-state index is 5.88. The van der Waals surface area contributed by atoms with E-state index < -0.39 is 0 Å². The van der Waals surface area contributed by atoms with Crippen LogP contribution in [0, 0.1) is 0 Å². The average Bonchev–Trinajstić information content (AvgIpc) is 3.16. The van der Waals surface area contributed by atoms with Crippen molar-refractivity contribution < 1.29 is 9.26 Å². The minimum Gasteiger partial charge on any atom is -0.397 e. The van der Waals surface area contributed by atoms with Crippen LogP contribution < -0.4 is 5.73 Å². The molecule has 0 spiro atoms. The molecule has 2 fully saturated rings. The summed E-state index contributed by atoms with van der Waals surface area (Å²) in [5, 5.41) is 4.04. The van der Waals surface area contributed by atoms with Gasteiger partial charge in [-0.3, -0.25) is 4.90 Å². The molecule has 7 nitrogen and oxygen atoms in total. The van der Waals surface area contributed by atoms with Crippen molar-refractivity contribution in [1.29, 1.82) is 0 Å². The summed E-state index contributed by atoms with van der Waals surface area (Å²) in [7, 11) is 0. The van der Waals surface area contributed by atoms with Gasteiger partial charge in [0.25, 0.3) is 5.89 Å². The zero-order chi connectivity index (χ0) is 14.2. The predicted molar refractivity (Wildman–Crippen MR) is 75.2 cm³/mol. The molecule has 2 atom stereocenters. The summed E-state index contributed by atoms with van der Waals surface area (Å²) in [6.07, 6.45) is 3.97. The molecule has 21 heavy (non-hydrogen) atoms. The Labute approximate surface area is 122 Å². The Morgan fingerprint density at radius 2 is 2.33 bits per heavy atom. The molecule has 4 heterocycles. The number of anilines is 1. The average molecular weight is 287 g/mol. The fourth-order valence-electron chi connectivity index (χ4n) is 3.03. The Morgan fingerprint density at radius 1 is 1.38 bits per heavy atom. The molecular weight excluding hydrogens is 270 g/mol. The number of rotatable bonds is 2. The number of pyridine rings is 1. The van der Waals surface area contributed by atoms with Gasteiger partial charge in [0.1, 0.15) is 6.10 Å². The lowest BCUT2D eigenvalue weighted by Gasteiger charge is -2.33. The second-order valence-corrected chi connectivity index (χ2v) is 5.51. The lowest BCUT2D eigenvalue weighted by atomic mass is 10.2. The van der Waals surface area contributed by atoms with Crippen LogP contribution in [0.4, 0.5) is 5.69 Å². The first-order valence-corrected chi connectivity index (χ1v) is 7.21. The summed E-state index contributed by atoms with van der Waals surface area (Å²) in [6.45, 7) is 2.68. The lowest BCUT2D eigenvalue weighted by molar-refractivity contribution is -0.0548. The monoisotopic (exact) mass is 287 g/mol. The molecule has 2 N–H and O–H groups in total. The van der Waals surface area contributed by atoms with Gasteiger partial charge < -0.3 is 15.0 Å². The van der Waals surface area contributed by atoms with E-state index in [9.17, 15) is 0 Å². The Kier molecular flexibility index (Phi) is 3.08. The van der Waals surface area contributed by atoms with Gasteiger partial charge in [0.2, 0.25) is 5.82 Å². The summed E-state index contributed by atoms with van der Waals surface area (Å²) in [6, 6.07) is 4.09. The quantitative estimate of drug-likeness (QED) is 0.888. The Hall–Kier alpha value is -1.99. The third-order valence-corrected chi connectivity index (χ3v) is 4.16. The zero-order valence-electron chi connectivity index (χ0n) is 11.6. The Bertz CT molecular complexity index is 644. The highest BCUT2D eigenvalue weighted by atomic mass is 16.5. The molecule has 2 unspecified atom stereocenters. The van der Waals surface area contributed by atoms with Crippen LogP contribution in [0.5, 0.6) is 0 Å². The number of nitrogen functional groups attached to an aromatic ring is 1. The Balaban J connectivity index is 1.56. The molecule has 2 aromatic heterocycles. The molecule has 110 valence electrons. The number of ether oxygens (including phenoxy) is 1. The number of fused-ring (bicyclic) bond motifs is 1. The standard InChI is InChI=1S/C14H17N5O2/c15-10-4-1-5-16-12(10)14-17-13(18-21-14)11-7-19-6-2-3-9(19)8-20-11/h1,4-5,9,11H,2-3,6-8,15H2. The Morgan fingerprint density at radius 3 is 3.24 bits per heavy atom. The molecule has 0 amide bonds. The van der Waals surface area contributed by atoms with Gasteiger partial charge in [-0.05, 0) is 31.5 Å². The van der Waals surface area contributed by atoms with Crippen molar-refractivity contribution in [1.82, 2.24) is 20.0 Å². The van der Waals surface area contributed by atoms with E-state index in [0.29, 0.717) is 29.1 Å². The molecule has 7 heteroatoms. The summed E-state index contributed by atoms with van der Waals surface area (Å²) in [5.41, 5.74) is 6.93. The van der Waals surface area contributed by atoms with E-state index >= 15 is 0 Å². The van der Waals surface area contributed by atoms with E-state index in [-0.39, 0.29) is 6.10 Å². The van der Waals surface area contributed by atoms with Crippen LogP contribution in [0.2, 0.25) is 0 Å². The maximum absolute atomic E-state index is 5.88. The first-order chi connectivity index (χ1) is 10.3. The van der Waals surface area contributed by atoms with Crippen LogP contribution in [0.3, 0.4) is 0 Å². The van der Waals surface area contributed by atoms with Crippen molar-refractivity contribution in [2.24, 2.45) is 0 Å². The number of hydrogen-bond donors (Lipinski definition) is 1. The number of hydrogen-bond acceptors (Lipinski definition) is 7. The smallest absolute Gasteiger partial charge is 0.278 e. The van der Waals surface area contributed by atoms with E-state index in [4.69, 9.17) is 15.0 Å². The molecule has 0 saturated carbocycles. The van der Waals surface area contributed by atoms with E-state index in [1.807, 2.05) is 0 Å².